The van der Waals surface area contributed by atoms with E-state index in [2.05, 4.69) is 20.0 Å². The third-order valence-corrected chi connectivity index (χ3v) is 4.06. The molecule has 0 spiro atoms. The summed E-state index contributed by atoms with van der Waals surface area (Å²) < 4.78 is 31.2. The molecule has 0 radical (unpaired) electrons. The van der Waals surface area contributed by atoms with Crippen LogP contribution in [0.1, 0.15) is 0 Å². The van der Waals surface area contributed by atoms with Crippen LogP contribution in [-0.4, -0.2) is 38.6 Å². The Morgan fingerprint density at radius 1 is 1.14 bits per heavy atom. The van der Waals surface area contributed by atoms with Gasteiger partial charge in [0.05, 0.1) is 11.5 Å². The monoisotopic (exact) mass is 308 g/mol. The van der Waals surface area contributed by atoms with Gasteiger partial charge in [0.1, 0.15) is 0 Å². The highest BCUT2D eigenvalue weighted by molar-refractivity contribution is 7.89. The van der Waals surface area contributed by atoms with Crippen LogP contribution in [0.2, 0.25) is 0 Å². The van der Waals surface area contributed by atoms with E-state index in [9.17, 15) is 8.42 Å². The molecule has 1 heterocycles. The van der Waals surface area contributed by atoms with Gasteiger partial charge in [-0.25, -0.2) is 23.1 Å². The maximum atomic E-state index is 12.0. The van der Waals surface area contributed by atoms with Crippen LogP contribution in [0.25, 0.3) is 0 Å². The predicted octanol–water partition coefficient (Wildman–Crippen LogP) is 1.14. The molecule has 0 bridgehead atoms. The quantitative estimate of drug-likeness (QED) is 0.745. The molecule has 0 aliphatic carbocycles. The number of rotatable bonds is 7. The molecule has 1 aromatic heterocycles. The Hall–Kier alpha value is -2.03. The lowest BCUT2D eigenvalue weighted by atomic mass is 10.3. The number of nitrogens with one attached hydrogen (secondary N) is 2. The predicted molar refractivity (Wildman–Crippen MR) is 78.8 cm³/mol. The Kier molecular flexibility index (Phi) is 5.20. The van der Waals surface area contributed by atoms with E-state index in [0.717, 1.165) is 0 Å². The Labute approximate surface area is 123 Å². The van der Waals surface area contributed by atoms with Gasteiger partial charge in [0.2, 0.25) is 16.0 Å². The van der Waals surface area contributed by atoms with Crippen molar-refractivity contribution in [3.63, 3.8) is 0 Å². The van der Waals surface area contributed by atoms with Gasteiger partial charge in [-0.2, -0.15) is 0 Å². The molecule has 2 aromatic rings. The first kappa shape index (κ1) is 15.4. The van der Waals surface area contributed by atoms with Crippen LogP contribution in [0.4, 0.5) is 11.6 Å². The zero-order chi connectivity index (χ0) is 15.1. The summed E-state index contributed by atoms with van der Waals surface area (Å²) >= 11 is 0. The highest BCUT2D eigenvalue weighted by atomic mass is 32.2. The van der Waals surface area contributed by atoms with Crippen molar-refractivity contribution in [3.05, 3.63) is 42.7 Å². The van der Waals surface area contributed by atoms with E-state index in [-0.39, 0.29) is 11.4 Å². The molecule has 112 valence electrons. The number of sulfonamides is 1. The summed E-state index contributed by atoms with van der Waals surface area (Å²) in [5.74, 6) is 0.450. The lowest BCUT2D eigenvalue weighted by Crippen LogP contribution is -2.27. The Bertz CT molecular complexity index is 660. The van der Waals surface area contributed by atoms with E-state index in [1.165, 1.54) is 19.2 Å². The van der Waals surface area contributed by atoms with Crippen LogP contribution in [-0.2, 0) is 14.8 Å². The molecule has 7 nitrogen and oxygen atoms in total. The first-order valence-corrected chi connectivity index (χ1v) is 7.73. The van der Waals surface area contributed by atoms with Gasteiger partial charge < -0.3 is 10.1 Å². The second-order valence-corrected chi connectivity index (χ2v) is 5.88. The van der Waals surface area contributed by atoms with Crippen LogP contribution in [0, 0.1) is 0 Å². The number of benzene rings is 1. The first-order valence-electron chi connectivity index (χ1n) is 6.24. The third kappa shape index (κ3) is 4.48. The summed E-state index contributed by atoms with van der Waals surface area (Å²) in [6.07, 6.45) is 3.24. The number of ether oxygens (including phenoxy) is 1. The molecule has 2 N–H and O–H groups in total. The zero-order valence-electron chi connectivity index (χ0n) is 11.5. The molecule has 1 aromatic carbocycles. The van der Waals surface area contributed by atoms with Crippen molar-refractivity contribution in [2.75, 3.05) is 25.6 Å². The topological polar surface area (TPSA) is 93.2 Å². The fourth-order valence-corrected chi connectivity index (χ4v) is 2.58. The van der Waals surface area contributed by atoms with Crippen molar-refractivity contribution >= 4 is 21.7 Å². The van der Waals surface area contributed by atoms with Gasteiger partial charge >= 0.3 is 0 Å². The summed E-state index contributed by atoms with van der Waals surface area (Å²) in [4.78, 5) is 8.25. The minimum atomic E-state index is -3.51. The van der Waals surface area contributed by atoms with Crippen LogP contribution < -0.4 is 10.0 Å². The van der Waals surface area contributed by atoms with E-state index in [0.29, 0.717) is 18.2 Å². The largest absolute Gasteiger partial charge is 0.383 e. The average Bonchev–Trinajstić information content (AvgIpc) is 2.49. The number of nitrogens with zero attached hydrogens (tertiary/aromatic N) is 2. The highest BCUT2D eigenvalue weighted by Crippen LogP contribution is 2.16. The van der Waals surface area contributed by atoms with Gasteiger partial charge in [0.25, 0.3) is 0 Å². The van der Waals surface area contributed by atoms with Crippen molar-refractivity contribution in [3.8, 4) is 0 Å². The molecule has 0 unspecified atom stereocenters. The molecule has 0 saturated heterocycles. The second-order valence-electron chi connectivity index (χ2n) is 4.11. The summed E-state index contributed by atoms with van der Waals surface area (Å²) in [6.45, 7) is 0.556. The van der Waals surface area contributed by atoms with Crippen LogP contribution >= 0.6 is 0 Å². The van der Waals surface area contributed by atoms with Crippen LogP contribution in [0.5, 0.6) is 0 Å². The van der Waals surface area contributed by atoms with Gasteiger partial charge in [0.15, 0.2) is 0 Å². The van der Waals surface area contributed by atoms with E-state index >= 15 is 0 Å². The second kappa shape index (κ2) is 7.11. The fraction of sp³-hybridized carbons (Fsp3) is 0.231. The van der Waals surface area contributed by atoms with E-state index in [1.807, 2.05) is 0 Å². The molecule has 0 aliphatic rings. The number of aromatic nitrogens is 2. The fourth-order valence-electron chi connectivity index (χ4n) is 1.57. The van der Waals surface area contributed by atoms with E-state index in [1.54, 1.807) is 30.6 Å². The van der Waals surface area contributed by atoms with Crippen molar-refractivity contribution < 1.29 is 13.2 Å². The minimum Gasteiger partial charge on any atom is -0.383 e. The van der Waals surface area contributed by atoms with Crippen molar-refractivity contribution in [2.45, 2.75) is 4.90 Å². The molecule has 0 saturated carbocycles. The normalized spacial score (nSPS) is 11.3. The van der Waals surface area contributed by atoms with Crippen molar-refractivity contribution in [1.29, 1.82) is 0 Å². The Morgan fingerprint density at radius 3 is 2.43 bits per heavy atom. The number of hydrogen-bond acceptors (Lipinski definition) is 6. The van der Waals surface area contributed by atoms with E-state index < -0.39 is 10.0 Å². The summed E-state index contributed by atoms with van der Waals surface area (Å²) in [5, 5.41) is 2.98. The maximum Gasteiger partial charge on any atom is 0.240 e. The maximum absolute atomic E-state index is 12.0. The SMILES string of the molecule is COCCNS(=O)(=O)c1ccc(Nc2ncccn2)cc1. The number of anilines is 2. The molecule has 0 amide bonds. The smallest absolute Gasteiger partial charge is 0.240 e. The molecule has 0 fully saturated rings. The van der Waals surface area contributed by atoms with Gasteiger partial charge in [-0.05, 0) is 30.3 Å². The van der Waals surface area contributed by atoms with Crippen LogP contribution in [0.3, 0.4) is 0 Å². The average molecular weight is 308 g/mol. The zero-order valence-corrected chi connectivity index (χ0v) is 12.3. The van der Waals surface area contributed by atoms with Crippen molar-refractivity contribution in [1.82, 2.24) is 14.7 Å². The molecule has 0 aliphatic heterocycles. The Morgan fingerprint density at radius 2 is 1.81 bits per heavy atom. The summed E-state index contributed by atoms with van der Waals surface area (Å²) in [7, 11) is -2.00. The summed E-state index contributed by atoms with van der Waals surface area (Å²) in [5.41, 5.74) is 0.706. The molecule has 8 heteroatoms. The lowest BCUT2D eigenvalue weighted by molar-refractivity contribution is 0.204. The van der Waals surface area contributed by atoms with Gasteiger partial charge in [-0.1, -0.05) is 0 Å². The van der Waals surface area contributed by atoms with Crippen LogP contribution in [0.15, 0.2) is 47.6 Å². The molecule has 0 atom stereocenters. The molecular weight excluding hydrogens is 292 g/mol. The lowest BCUT2D eigenvalue weighted by Gasteiger charge is -2.08. The third-order valence-electron chi connectivity index (χ3n) is 2.58. The highest BCUT2D eigenvalue weighted by Gasteiger charge is 2.12. The van der Waals surface area contributed by atoms with Gasteiger partial charge in [-0.15, -0.1) is 0 Å². The number of hydrogen-bond donors (Lipinski definition) is 2. The van der Waals surface area contributed by atoms with E-state index in [4.69, 9.17) is 4.74 Å². The van der Waals surface area contributed by atoms with Crippen molar-refractivity contribution in [2.24, 2.45) is 0 Å². The standard InChI is InChI=1S/C13H16N4O3S/c1-20-10-9-16-21(18,19)12-5-3-11(4-6-12)17-13-14-7-2-8-15-13/h2-8,16H,9-10H2,1H3,(H,14,15,17). The molecule has 21 heavy (non-hydrogen) atoms. The first-order chi connectivity index (χ1) is 10.1. The minimum absolute atomic E-state index is 0.193. The van der Waals surface area contributed by atoms with Gasteiger partial charge in [-0.3, -0.25) is 0 Å². The summed E-state index contributed by atoms with van der Waals surface area (Å²) in [6, 6.07) is 8.05. The van der Waals surface area contributed by atoms with Gasteiger partial charge in [0, 0.05) is 31.7 Å². The molecular formula is C13H16N4O3S. The Balaban J connectivity index is 2.05. The number of methoxy groups -OCH3 is 1. The molecule has 2 rings (SSSR count).